The van der Waals surface area contributed by atoms with Crippen molar-refractivity contribution < 1.29 is 19.1 Å². The zero-order valence-corrected chi connectivity index (χ0v) is 14.7. The lowest BCUT2D eigenvalue weighted by atomic mass is 10.1. The Morgan fingerprint density at radius 3 is 2.71 bits per heavy atom. The van der Waals surface area contributed by atoms with Crippen LogP contribution in [0.1, 0.15) is 26.3 Å². The van der Waals surface area contributed by atoms with Gasteiger partial charge in [-0.2, -0.15) is 0 Å². The first kappa shape index (κ1) is 17.5. The number of fused-ring (bicyclic) bond motifs is 2. The molecule has 2 heterocycles. The Morgan fingerprint density at radius 2 is 1.93 bits per heavy atom. The number of anilines is 5. The molecule has 4 rings (SSSR count). The van der Waals surface area contributed by atoms with Gasteiger partial charge in [-0.05, 0) is 42.8 Å². The SMILES string of the molecule is Cc1cc(F)c(Nc2ccnc3c2C(=O)Nc2cc(C=O)ccc2N3)cc1O. The highest BCUT2D eigenvalue weighted by molar-refractivity contribution is 6.15. The van der Waals surface area contributed by atoms with Gasteiger partial charge in [-0.3, -0.25) is 9.59 Å². The third kappa shape index (κ3) is 3.01. The van der Waals surface area contributed by atoms with E-state index < -0.39 is 11.7 Å². The number of aldehydes is 1. The van der Waals surface area contributed by atoms with E-state index >= 15 is 0 Å². The smallest absolute Gasteiger partial charge is 0.261 e. The summed E-state index contributed by atoms with van der Waals surface area (Å²) >= 11 is 0. The molecule has 0 atom stereocenters. The van der Waals surface area contributed by atoms with Crippen LogP contribution in [0.2, 0.25) is 0 Å². The van der Waals surface area contributed by atoms with Crippen LogP contribution in [-0.2, 0) is 0 Å². The summed E-state index contributed by atoms with van der Waals surface area (Å²) in [6, 6.07) is 8.81. The first-order valence-corrected chi connectivity index (χ1v) is 8.39. The number of carbonyl (C=O) groups is 2. The molecule has 1 aliphatic rings. The second kappa shape index (κ2) is 6.66. The molecule has 28 heavy (non-hydrogen) atoms. The molecule has 3 aromatic rings. The second-order valence-electron chi connectivity index (χ2n) is 6.33. The number of aromatic nitrogens is 1. The number of hydrogen-bond donors (Lipinski definition) is 4. The van der Waals surface area contributed by atoms with Gasteiger partial charge in [-0.1, -0.05) is 0 Å². The van der Waals surface area contributed by atoms with E-state index in [1.807, 2.05) is 0 Å². The van der Waals surface area contributed by atoms with E-state index in [1.54, 1.807) is 25.1 Å². The van der Waals surface area contributed by atoms with Crippen molar-refractivity contribution >= 4 is 40.8 Å². The van der Waals surface area contributed by atoms with Gasteiger partial charge in [0.1, 0.15) is 29.2 Å². The van der Waals surface area contributed by atoms with Crippen LogP contribution in [0.3, 0.4) is 0 Å². The quantitative estimate of drug-likeness (QED) is 0.512. The molecule has 0 fully saturated rings. The van der Waals surface area contributed by atoms with E-state index in [2.05, 4.69) is 20.9 Å². The Bertz CT molecular complexity index is 1130. The van der Waals surface area contributed by atoms with Gasteiger partial charge in [0.2, 0.25) is 0 Å². The summed E-state index contributed by atoms with van der Waals surface area (Å²) in [6.07, 6.45) is 2.15. The Kier molecular flexibility index (Phi) is 4.15. The van der Waals surface area contributed by atoms with Crippen LogP contribution >= 0.6 is 0 Å². The van der Waals surface area contributed by atoms with Crippen molar-refractivity contribution in [2.75, 3.05) is 16.0 Å². The fourth-order valence-corrected chi connectivity index (χ4v) is 2.95. The van der Waals surface area contributed by atoms with E-state index in [1.165, 1.54) is 24.4 Å². The summed E-state index contributed by atoms with van der Waals surface area (Å²) in [5.74, 6) is -0.837. The molecule has 1 amide bonds. The summed E-state index contributed by atoms with van der Waals surface area (Å²) < 4.78 is 14.3. The van der Waals surface area contributed by atoms with Crippen LogP contribution in [-0.4, -0.2) is 22.3 Å². The van der Waals surface area contributed by atoms with Crippen LogP contribution in [0, 0.1) is 12.7 Å². The van der Waals surface area contributed by atoms with E-state index in [-0.39, 0.29) is 22.8 Å². The number of amides is 1. The highest BCUT2D eigenvalue weighted by Gasteiger charge is 2.24. The number of aromatic hydroxyl groups is 1. The van der Waals surface area contributed by atoms with Gasteiger partial charge < -0.3 is 21.1 Å². The number of aryl methyl sites for hydroxylation is 1. The number of nitrogens with one attached hydrogen (secondary N) is 3. The molecule has 0 aliphatic carbocycles. The fraction of sp³-hybridized carbons (Fsp3) is 0.0500. The van der Waals surface area contributed by atoms with Crippen molar-refractivity contribution in [2.24, 2.45) is 0 Å². The number of pyridine rings is 1. The van der Waals surface area contributed by atoms with Gasteiger partial charge in [0.25, 0.3) is 5.91 Å². The largest absolute Gasteiger partial charge is 0.508 e. The molecule has 2 aromatic carbocycles. The molecule has 0 radical (unpaired) electrons. The Hall–Kier alpha value is -3.94. The lowest BCUT2D eigenvalue weighted by Gasteiger charge is -2.14. The van der Waals surface area contributed by atoms with Crippen LogP contribution in [0.5, 0.6) is 5.75 Å². The molecule has 0 spiro atoms. The zero-order valence-electron chi connectivity index (χ0n) is 14.7. The van der Waals surface area contributed by atoms with Gasteiger partial charge in [0.05, 0.1) is 22.7 Å². The number of rotatable bonds is 3. The van der Waals surface area contributed by atoms with Crippen molar-refractivity contribution in [1.29, 1.82) is 0 Å². The maximum Gasteiger partial charge on any atom is 0.261 e. The highest BCUT2D eigenvalue weighted by atomic mass is 19.1. The maximum atomic E-state index is 14.3. The average Bonchev–Trinajstić information content (AvgIpc) is 2.81. The molecular formula is C20H15FN4O3. The monoisotopic (exact) mass is 378 g/mol. The summed E-state index contributed by atoms with van der Waals surface area (Å²) in [6.45, 7) is 1.59. The topological polar surface area (TPSA) is 103 Å². The van der Waals surface area contributed by atoms with Crippen molar-refractivity contribution in [1.82, 2.24) is 4.98 Å². The number of halogens is 1. The second-order valence-corrected chi connectivity index (χ2v) is 6.33. The summed E-state index contributed by atoms with van der Waals surface area (Å²) in [5.41, 5.74) is 2.31. The minimum Gasteiger partial charge on any atom is -0.508 e. The predicted octanol–water partition coefficient (Wildman–Crippen LogP) is 4.10. The van der Waals surface area contributed by atoms with Crippen LogP contribution in [0.25, 0.3) is 0 Å². The van der Waals surface area contributed by atoms with Gasteiger partial charge in [-0.15, -0.1) is 0 Å². The average molecular weight is 378 g/mol. The van der Waals surface area contributed by atoms with Crippen molar-refractivity contribution in [3.05, 3.63) is 65.1 Å². The van der Waals surface area contributed by atoms with Crippen LogP contribution < -0.4 is 16.0 Å². The molecule has 0 unspecified atom stereocenters. The lowest BCUT2D eigenvalue weighted by Crippen LogP contribution is -2.14. The van der Waals surface area contributed by atoms with Gasteiger partial charge in [0, 0.05) is 17.8 Å². The summed E-state index contributed by atoms with van der Waals surface area (Å²) in [7, 11) is 0. The first-order chi connectivity index (χ1) is 13.5. The fourth-order valence-electron chi connectivity index (χ4n) is 2.95. The molecule has 0 saturated carbocycles. The number of hydrogen-bond acceptors (Lipinski definition) is 6. The summed E-state index contributed by atoms with van der Waals surface area (Å²) in [4.78, 5) is 28.0. The Morgan fingerprint density at radius 1 is 1.11 bits per heavy atom. The standard InChI is InChI=1S/C20H15FN4O3/c1-10-6-12(21)15(8-17(10)27)23-14-4-5-22-19-18(14)20(28)25-16-7-11(9-26)2-3-13(16)24-19/h2-9,27H,1H3,(H,25,28)(H2,22,23,24). The van der Waals surface area contributed by atoms with Crippen molar-refractivity contribution in [3.8, 4) is 5.75 Å². The third-order valence-corrected chi connectivity index (χ3v) is 4.41. The molecule has 1 aliphatic heterocycles. The van der Waals surface area contributed by atoms with Crippen LogP contribution in [0.4, 0.5) is 33.0 Å². The molecule has 1 aromatic heterocycles. The molecule has 4 N–H and O–H groups in total. The number of nitrogens with zero attached hydrogens (tertiary/aromatic N) is 1. The Labute approximate surface area is 159 Å². The van der Waals surface area contributed by atoms with E-state index in [0.717, 1.165) is 0 Å². The number of phenols is 1. The molecule has 140 valence electrons. The van der Waals surface area contributed by atoms with Gasteiger partial charge in [-0.25, -0.2) is 9.37 Å². The maximum absolute atomic E-state index is 14.3. The van der Waals surface area contributed by atoms with Crippen LogP contribution in [0.15, 0.2) is 42.6 Å². The molecule has 0 bridgehead atoms. The first-order valence-electron chi connectivity index (χ1n) is 8.39. The normalized spacial score (nSPS) is 12.1. The highest BCUT2D eigenvalue weighted by Crippen LogP contribution is 2.36. The van der Waals surface area contributed by atoms with Gasteiger partial charge >= 0.3 is 0 Å². The number of carbonyl (C=O) groups excluding carboxylic acids is 2. The zero-order chi connectivity index (χ0) is 19.8. The van der Waals surface area contributed by atoms with E-state index in [4.69, 9.17) is 0 Å². The lowest BCUT2D eigenvalue weighted by molar-refractivity contribution is 0.102. The predicted molar refractivity (Wildman–Crippen MR) is 103 cm³/mol. The number of benzene rings is 2. The van der Waals surface area contributed by atoms with Crippen molar-refractivity contribution in [3.63, 3.8) is 0 Å². The number of phenolic OH excluding ortho intramolecular Hbond substituents is 1. The Balaban J connectivity index is 1.77. The van der Waals surface area contributed by atoms with Gasteiger partial charge in [0.15, 0.2) is 0 Å². The minimum atomic E-state index is -0.568. The summed E-state index contributed by atoms with van der Waals surface area (Å²) in [5, 5.41) is 18.5. The third-order valence-electron chi connectivity index (χ3n) is 4.41. The van der Waals surface area contributed by atoms with E-state index in [9.17, 15) is 19.1 Å². The molecular weight excluding hydrogens is 363 g/mol. The molecule has 0 saturated heterocycles. The van der Waals surface area contributed by atoms with E-state index in [0.29, 0.717) is 34.5 Å². The van der Waals surface area contributed by atoms with Crippen molar-refractivity contribution in [2.45, 2.75) is 6.92 Å². The molecule has 7 nitrogen and oxygen atoms in total. The minimum absolute atomic E-state index is 0.0225. The molecule has 8 heteroatoms.